The van der Waals surface area contributed by atoms with Gasteiger partial charge >= 0.3 is 17.9 Å². The number of aliphatic hydroxyl groups excluding tert-OH is 1. The summed E-state index contributed by atoms with van der Waals surface area (Å²) in [6, 6.07) is 0. The molecule has 0 spiro atoms. The average Bonchev–Trinajstić information content (AvgIpc) is 3.30. The zero-order valence-electron chi connectivity index (χ0n) is 45.3. The van der Waals surface area contributed by atoms with Crippen LogP contribution in [0.4, 0.5) is 0 Å². The van der Waals surface area contributed by atoms with Crippen LogP contribution in [0.2, 0.25) is 0 Å². The lowest BCUT2D eigenvalue weighted by atomic mass is 9.34. The zero-order chi connectivity index (χ0) is 53.4. The maximum atomic E-state index is 13.1. The zero-order valence-corrected chi connectivity index (χ0v) is 46.8. The Morgan fingerprint density at radius 3 is 1.33 bits per heavy atom. The first-order valence-electron chi connectivity index (χ1n) is 26.5. The number of aliphatic hydroxyl groups is 1. The first-order valence-corrected chi connectivity index (χ1v) is 27.6. The Bertz CT molecular complexity index is 2710. The molecular weight excluding hydrogens is 948 g/mol. The van der Waals surface area contributed by atoms with Crippen molar-refractivity contribution in [2.24, 2.45) is 66.0 Å². The van der Waals surface area contributed by atoms with Crippen LogP contribution in [0.1, 0.15) is 180 Å². The Balaban J connectivity index is 0.000000183. The van der Waals surface area contributed by atoms with Crippen LogP contribution in [-0.2, 0) is 28.7 Å². The van der Waals surface area contributed by atoms with Crippen molar-refractivity contribution in [2.45, 2.75) is 180 Å². The second kappa shape index (κ2) is 17.6. The maximum Gasteiger partial charge on any atom is 0.309 e. The monoisotopic (exact) mass is 1030 g/mol. The number of halogens is 2. The summed E-state index contributed by atoms with van der Waals surface area (Å²) in [4.78, 5) is 61.8. The molecule has 392 valence electrons. The number of alkyl halides is 2. The summed E-state index contributed by atoms with van der Waals surface area (Å²) in [6.07, 6.45) is 25.3. The number of esters is 1. The molecule has 0 aromatic rings. The molecule has 0 heterocycles. The third-order valence-corrected chi connectivity index (χ3v) is 23.0. The highest BCUT2D eigenvalue weighted by atomic mass is 35.5. The number of fused-ring (bicyclic) bond motifs is 14. The molecule has 0 saturated heterocycles. The molecule has 0 amide bonds. The molecule has 0 aromatic carbocycles. The maximum absolute atomic E-state index is 13.1. The topological polar surface area (TPSA) is 155 Å². The summed E-state index contributed by atoms with van der Waals surface area (Å²) < 4.78 is 5.30. The largest absolute Gasteiger partial charge is 0.504 e. The highest BCUT2D eigenvalue weighted by molar-refractivity contribution is 6.40. The standard InChI is InChI=1S/C31H40O5.C29H38O4.CH2Cl2/c1-18-20-8-9-23-29(5,21(20)16-22(33)25(18)36-19(2)32)13-15-31(7)24-17-28(4,26(34)35)11-10-27(24,3)12-14-30(23,31)6;1-17-18-7-8-21-27(4,19(18)15-20(30)23(17)31)12-14-29(6)22-16-26(3,24(32)33)10-9-25(22,2)11-13-28(21,29)5;2-1-3/h8-9,16,24H,10-15,17H2,1-7H3,(H,34,35);7-8,15,22,31H,9-14,16H2,1-6H3,(H,32,33);1H2/t24-,27-,28-,29+,30-,31+;22-,25-,26-,27+,28-,29+;/m11./s1. The summed E-state index contributed by atoms with van der Waals surface area (Å²) in [5.41, 5.74) is 6.53. The Morgan fingerprint density at radius 2 is 0.944 bits per heavy atom. The van der Waals surface area contributed by atoms with Crippen LogP contribution >= 0.6 is 23.2 Å². The molecule has 9 nitrogen and oxygen atoms in total. The van der Waals surface area contributed by atoms with Gasteiger partial charge < -0.3 is 20.1 Å². The van der Waals surface area contributed by atoms with Crippen molar-refractivity contribution in [1.29, 1.82) is 0 Å². The van der Waals surface area contributed by atoms with E-state index >= 15 is 0 Å². The van der Waals surface area contributed by atoms with E-state index in [4.69, 9.17) is 27.9 Å². The lowest BCUT2D eigenvalue weighted by Crippen LogP contribution is -2.62. The Morgan fingerprint density at radius 1 is 0.569 bits per heavy atom. The Hall–Kier alpha value is -3.95. The van der Waals surface area contributed by atoms with Crippen LogP contribution in [0.25, 0.3) is 0 Å². The molecular formula is C61H80Cl2O9. The van der Waals surface area contributed by atoms with Crippen molar-refractivity contribution in [1.82, 2.24) is 0 Å². The third kappa shape index (κ3) is 7.58. The van der Waals surface area contributed by atoms with E-state index in [-0.39, 0.29) is 71.7 Å². The molecule has 6 saturated carbocycles. The fourth-order valence-corrected chi connectivity index (χ4v) is 17.6. The second-order valence-corrected chi connectivity index (χ2v) is 27.3. The third-order valence-electron chi connectivity index (χ3n) is 23.0. The van der Waals surface area contributed by atoms with Crippen molar-refractivity contribution in [2.75, 3.05) is 5.34 Å². The molecule has 72 heavy (non-hydrogen) atoms. The van der Waals surface area contributed by atoms with Crippen LogP contribution < -0.4 is 0 Å². The van der Waals surface area contributed by atoms with Gasteiger partial charge in [-0.2, -0.15) is 0 Å². The number of rotatable bonds is 3. The lowest BCUT2D eigenvalue weighted by molar-refractivity contribution is -0.178. The van der Waals surface area contributed by atoms with Crippen molar-refractivity contribution < 1.29 is 44.0 Å². The van der Waals surface area contributed by atoms with Crippen LogP contribution in [-0.4, -0.2) is 50.1 Å². The fourth-order valence-electron chi connectivity index (χ4n) is 17.6. The van der Waals surface area contributed by atoms with Gasteiger partial charge in [0.15, 0.2) is 11.5 Å². The Labute approximate surface area is 438 Å². The number of allylic oxidation sites excluding steroid dienone is 14. The highest BCUT2D eigenvalue weighted by Gasteiger charge is 2.69. The van der Waals surface area contributed by atoms with Gasteiger partial charge in [0.05, 0.1) is 16.2 Å². The summed E-state index contributed by atoms with van der Waals surface area (Å²) >= 11 is 9.53. The van der Waals surface area contributed by atoms with E-state index in [0.29, 0.717) is 17.4 Å². The summed E-state index contributed by atoms with van der Waals surface area (Å²) in [7, 11) is 0. The van der Waals surface area contributed by atoms with Gasteiger partial charge in [0.2, 0.25) is 11.6 Å². The van der Waals surface area contributed by atoms with Crippen LogP contribution in [0, 0.1) is 66.0 Å². The van der Waals surface area contributed by atoms with Crippen molar-refractivity contribution in [3.63, 3.8) is 0 Å². The van der Waals surface area contributed by atoms with Crippen LogP contribution in [0.5, 0.6) is 0 Å². The molecule has 0 aliphatic heterocycles. The van der Waals surface area contributed by atoms with E-state index in [9.17, 15) is 39.3 Å². The fraction of sp³-hybridized carbons (Fsp3) is 0.656. The molecule has 12 atom stereocenters. The predicted octanol–water partition coefficient (Wildman–Crippen LogP) is 14.8. The van der Waals surface area contributed by atoms with E-state index < -0.39 is 28.7 Å². The number of ketones is 2. The van der Waals surface area contributed by atoms with Gasteiger partial charge in [0.1, 0.15) is 0 Å². The van der Waals surface area contributed by atoms with Crippen molar-refractivity contribution >= 4 is 52.7 Å². The molecule has 11 heteroatoms. The minimum absolute atomic E-state index is 0.0000746. The van der Waals surface area contributed by atoms with Gasteiger partial charge in [-0.1, -0.05) is 90.8 Å². The van der Waals surface area contributed by atoms with Gasteiger partial charge in [0.25, 0.3) is 0 Å². The average molecular weight is 1030 g/mol. The highest BCUT2D eigenvalue weighted by Crippen LogP contribution is 2.77. The lowest BCUT2D eigenvalue weighted by Gasteiger charge is -2.70. The summed E-state index contributed by atoms with van der Waals surface area (Å²) in [6.45, 7) is 27.9. The number of carbonyl (C=O) groups excluding carboxylic acids is 3. The van der Waals surface area contributed by atoms with E-state index in [1.807, 2.05) is 27.7 Å². The number of hydrogen-bond donors (Lipinski definition) is 3. The Kier molecular flexibility index (Phi) is 13.3. The molecule has 10 aliphatic carbocycles. The van der Waals surface area contributed by atoms with Crippen molar-refractivity contribution in [3.8, 4) is 0 Å². The molecule has 10 aliphatic rings. The number of aliphatic carboxylic acids is 2. The minimum Gasteiger partial charge on any atom is -0.504 e. The van der Waals surface area contributed by atoms with E-state index in [0.717, 1.165) is 118 Å². The second-order valence-electron chi connectivity index (χ2n) is 26.5. The van der Waals surface area contributed by atoms with E-state index in [1.54, 1.807) is 12.2 Å². The number of carbonyl (C=O) groups is 5. The normalized spacial score (nSPS) is 43.5. The molecule has 0 radical (unpaired) electrons. The van der Waals surface area contributed by atoms with E-state index in [1.165, 1.54) is 18.1 Å². The van der Waals surface area contributed by atoms with Crippen LogP contribution in [0.3, 0.4) is 0 Å². The quantitative estimate of drug-likeness (QED) is 0.185. The molecule has 0 bridgehead atoms. The van der Waals surface area contributed by atoms with Gasteiger partial charge in [0, 0.05) is 28.9 Å². The first-order chi connectivity index (χ1) is 33.2. The smallest absolute Gasteiger partial charge is 0.309 e. The molecule has 0 unspecified atom stereocenters. The molecule has 3 N–H and O–H groups in total. The minimum atomic E-state index is -0.673. The summed E-state index contributed by atoms with van der Waals surface area (Å²) in [5, 5.41) is 30.6. The number of ether oxygens (including phenoxy) is 1. The summed E-state index contributed by atoms with van der Waals surface area (Å²) in [5.74, 6) is -1.66. The molecule has 10 rings (SSSR count). The SMILES string of the molecule is CC(=O)OC1=C(C)C2=CC=C3[C@@](C)(CC[C@@]4(C)[C@@H]5C[C@](C)(C(=O)O)CC[C@]5(C)CC[C@]34C)C2=CC1=O.CC1=C(O)C(=O)C=C2C1=CC=C1[C@@]2(C)CC[C@@]2(C)[C@@H]3C[C@](C)(C(=O)O)CC[C@]3(C)CC[C@]12C.ClCCl. The number of hydrogen-bond acceptors (Lipinski definition) is 7. The van der Waals surface area contributed by atoms with Gasteiger partial charge in [-0.25, -0.2) is 0 Å². The van der Waals surface area contributed by atoms with Crippen molar-refractivity contribution in [3.05, 3.63) is 92.6 Å². The van der Waals surface area contributed by atoms with Gasteiger partial charge in [-0.3, -0.25) is 24.0 Å². The van der Waals surface area contributed by atoms with Gasteiger partial charge in [-0.05, 0) is 196 Å². The van der Waals surface area contributed by atoms with Gasteiger partial charge in [-0.15, -0.1) is 23.2 Å². The number of carboxylic acid groups (broad SMARTS) is 2. The predicted molar refractivity (Wildman–Crippen MR) is 283 cm³/mol. The molecule has 0 aromatic heterocycles. The first kappa shape index (κ1) is 54.3. The van der Waals surface area contributed by atoms with Crippen LogP contribution in [0.15, 0.2) is 92.6 Å². The molecule has 6 fully saturated rings. The van der Waals surface area contributed by atoms with E-state index in [2.05, 4.69) is 79.7 Å². The number of carboxylic acids is 2.